The van der Waals surface area contributed by atoms with Gasteiger partial charge in [-0.15, -0.1) is 0 Å². The third kappa shape index (κ3) is 3.08. The van der Waals surface area contributed by atoms with E-state index in [1.54, 1.807) is 0 Å². The van der Waals surface area contributed by atoms with Crippen LogP contribution in [0.2, 0.25) is 0 Å². The van der Waals surface area contributed by atoms with Gasteiger partial charge in [0.25, 0.3) is 0 Å². The zero-order chi connectivity index (χ0) is 12.1. The summed E-state index contributed by atoms with van der Waals surface area (Å²) in [6.07, 6.45) is 4.44. The molecule has 2 heteroatoms. The van der Waals surface area contributed by atoms with Crippen LogP contribution in [0, 0.1) is 0 Å². The van der Waals surface area contributed by atoms with E-state index in [-0.39, 0.29) is 5.54 Å². The van der Waals surface area contributed by atoms with E-state index in [0.29, 0.717) is 0 Å². The normalized spacial score (nSPS) is 19.2. The average Bonchev–Trinajstić information content (AvgIpc) is 2.41. The Labute approximate surface area is 104 Å². The minimum absolute atomic E-state index is 0.242. The molecule has 0 aromatic heterocycles. The van der Waals surface area contributed by atoms with E-state index in [4.69, 9.17) is 4.74 Å². The van der Waals surface area contributed by atoms with Crippen LogP contribution in [-0.4, -0.2) is 25.8 Å². The van der Waals surface area contributed by atoms with Crippen molar-refractivity contribution in [3.05, 3.63) is 35.4 Å². The van der Waals surface area contributed by atoms with E-state index in [2.05, 4.69) is 43.6 Å². The molecule has 1 aliphatic rings. The van der Waals surface area contributed by atoms with E-state index in [1.807, 2.05) is 0 Å². The monoisotopic (exact) mass is 233 g/mol. The lowest BCUT2D eigenvalue weighted by atomic mass is 9.83. The Morgan fingerprint density at radius 1 is 1.12 bits per heavy atom. The van der Waals surface area contributed by atoms with Crippen LogP contribution in [0.4, 0.5) is 0 Å². The molecule has 1 aromatic rings. The minimum atomic E-state index is 0.242. The highest BCUT2D eigenvalue weighted by Gasteiger charge is 2.30. The molecule has 1 fully saturated rings. The molecule has 0 spiro atoms. The number of hydrogen-bond donors (Lipinski definition) is 1. The maximum absolute atomic E-state index is 5.46. The number of rotatable bonds is 4. The number of aryl methyl sites for hydroxylation is 1. The van der Waals surface area contributed by atoms with Gasteiger partial charge in [0.2, 0.25) is 0 Å². The van der Waals surface area contributed by atoms with Crippen molar-refractivity contribution in [2.45, 2.75) is 38.1 Å². The first-order chi connectivity index (χ1) is 8.28. The van der Waals surface area contributed by atoms with Crippen LogP contribution in [0.1, 0.15) is 30.9 Å². The molecule has 0 bridgehead atoms. The first kappa shape index (κ1) is 12.6. The molecule has 2 nitrogen and oxygen atoms in total. The van der Waals surface area contributed by atoms with Gasteiger partial charge in [0.1, 0.15) is 0 Å². The second-order valence-corrected chi connectivity index (χ2v) is 4.99. The first-order valence-electron chi connectivity index (χ1n) is 6.62. The number of benzene rings is 1. The largest absolute Gasteiger partial charge is 0.381 e. The molecular weight excluding hydrogens is 210 g/mol. The fraction of sp³-hybridized carbons (Fsp3) is 0.600. The standard InChI is InChI=1S/C15H23NO/c1-3-13-4-6-14(7-5-13)12-15(16-2)8-10-17-11-9-15/h4-7,16H,3,8-12H2,1-2H3. The molecule has 0 amide bonds. The van der Waals surface area contributed by atoms with Crippen LogP contribution in [0.25, 0.3) is 0 Å². The summed E-state index contributed by atoms with van der Waals surface area (Å²) < 4.78 is 5.46. The molecule has 1 N–H and O–H groups in total. The summed E-state index contributed by atoms with van der Waals surface area (Å²) in [5.41, 5.74) is 3.09. The summed E-state index contributed by atoms with van der Waals surface area (Å²) in [4.78, 5) is 0. The Morgan fingerprint density at radius 2 is 1.71 bits per heavy atom. The number of likely N-dealkylation sites (N-methyl/N-ethyl adjacent to an activating group) is 1. The Morgan fingerprint density at radius 3 is 2.24 bits per heavy atom. The van der Waals surface area contributed by atoms with E-state index < -0.39 is 0 Å². The fourth-order valence-corrected chi connectivity index (χ4v) is 2.56. The van der Waals surface area contributed by atoms with Crippen molar-refractivity contribution in [1.82, 2.24) is 5.32 Å². The van der Waals surface area contributed by atoms with E-state index >= 15 is 0 Å². The van der Waals surface area contributed by atoms with Gasteiger partial charge in [-0.2, -0.15) is 0 Å². The molecule has 1 aromatic carbocycles. The fourth-order valence-electron chi connectivity index (χ4n) is 2.56. The maximum atomic E-state index is 5.46. The van der Waals surface area contributed by atoms with E-state index in [9.17, 15) is 0 Å². The molecular formula is C15H23NO. The predicted molar refractivity (Wildman–Crippen MR) is 71.4 cm³/mol. The third-order valence-corrected chi connectivity index (χ3v) is 3.95. The molecule has 0 unspecified atom stereocenters. The summed E-state index contributed by atoms with van der Waals surface area (Å²) >= 11 is 0. The molecule has 2 rings (SSSR count). The Hall–Kier alpha value is -0.860. The molecule has 1 aliphatic heterocycles. The zero-order valence-corrected chi connectivity index (χ0v) is 11.0. The molecule has 0 atom stereocenters. The van der Waals surface area contributed by atoms with Gasteiger partial charge in [0.05, 0.1) is 0 Å². The Balaban J connectivity index is 2.06. The highest BCUT2D eigenvalue weighted by molar-refractivity contribution is 5.24. The summed E-state index contributed by atoms with van der Waals surface area (Å²) in [7, 11) is 2.08. The van der Waals surface area contributed by atoms with Crippen LogP contribution < -0.4 is 5.32 Å². The summed E-state index contributed by atoms with van der Waals surface area (Å²) in [5, 5.41) is 3.51. The van der Waals surface area contributed by atoms with Crippen molar-refractivity contribution in [3.63, 3.8) is 0 Å². The third-order valence-electron chi connectivity index (χ3n) is 3.95. The van der Waals surface area contributed by atoms with Crippen LogP contribution in [0.5, 0.6) is 0 Å². The minimum Gasteiger partial charge on any atom is -0.381 e. The van der Waals surface area contributed by atoms with Crippen LogP contribution >= 0.6 is 0 Å². The quantitative estimate of drug-likeness (QED) is 0.863. The second-order valence-electron chi connectivity index (χ2n) is 4.99. The van der Waals surface area contributed by atoms with Crippen molar-refractivity contribution < 1.29 is 4.74 Å². The van der Waals surface area contributed by atoms with E-state index in [0.717, 1.165) is 38.9 Å². The van der Waals surface area contributed by atoms with Gasteiger partial charge < -0.3 is 10.1 Å². The Kier molecular flexibility index (Phi) is 4.19. The lowest BCUT2D eigenvalue weighted by Gasteiger charge is -2.37. The van der Waals surface area contributed by atoms with Gasteiger partial charge >= 0.3 is 0 Å². The second kappa shape index (κ2) is 5.65. The summed E-state index contributed by atoms with van der Waals surface area (Å²) in [6.45, 7) is 3.96. The number of ether oxygens (including phenoxy) is 1. The lowest BCUT2D eigenvalue weighted by molar-refractivity contribution is 0.0413. The Bertz CT molecular complexity index is 338. The number of hydrogen-bond acceptors (Lipinski definition) is 2. The molecule has 1 saturated heterocycles. The first-order valence-corrected chi connectivity index (χ1v) is 6.62. The number of nitrogens with one attached hydrogen (secondary N) is 1. The molecule has 0 saturated carbocycles. The highest BCUT2D eigenvalue weighted by atomic mass is 16.5. The van der Waals surface area contributed by atoms with Crippen molar-refractivity contribution in [2.24, 2.45) is 0 Å². The SMILES string of the molecule is CCc1ccc(CC2(NC)CCOCC2)cc1. The van der Waals surface area contributed by atoms with E-state index in [1.165, 1.54) is 11.1 Å². The van der Waals surface area contributed by atoms with Crippen LogP contribution in [0.15, 0.2) is 24.3 Å². The van der Waals surface area contributed by atoms with Crippen LogP contribution in [0.3, 0.4) is 0 Å². The van der Waals surface area contributed by atoms with Gasteiger partial charge in [0, 0.05) is 18.8 Å². The molecule has 94 valence electrons. The predicted octanol–water partition coefficient (Wildman–Crippen LogP) is 2.56. The van der Waals surface area contributed by atoms with Crippen molar-refractivity contribution in [3.8, 4) is 0 Å². The molecule has 1 heterocycles. The topological polar surface area (TPSA) is 21.3 Å². The summed E-state index contributed by atoms with van der Waals surface area (Å²) in [6, 6.07) is 9.04. The van der Waals surface area contributed by atoms with Crippen molar-refractivity contribution in [2.75, 3.05) is 20.3 Å². The zero-order valence-electron chi connectivity index (χ0n) is 11.0. The smallest absolute Gasteiger partial charge is 0.0483 e. The van der Waals surface area contributed by atoms with Crippen molar-refractivity contribution >= 4 is 0 Å². The summed E-state index contributed by atoms with van der Waals surface area (Å²) in [5.74, 6) is 0. The molecule has 0 aliphatic carbocycles. The van der Waals surface area contributed by atoms with Gasteiger partial charge in [0.15, 0.2) is 0 Å². The van der Waals surface area contributed by atoms with Gasteiger partial charge in [-0.05, 0) is 43.9 Å². The van der Waals surface area contributed by atoms with Gasteiger partial charge in [-0.1, -0.05) is 31.2 Å². The van der Waals surface area contributed by atoms with Crippen molar-refractivity contribution in [1.29, 1.82) is 0 Å². The lowest BCUT2D eigenvalue weighted by Crippen LogP contribution is -2.49. The maximum Gasteiger partial charge on any atom is 0.0483 e. The average molecular weight is 233 g/mol. The van der Waals surface area contributed by atoms with Gasteiger partial charge in [-0.3, -0.25) is 0 Å². The molecule has 17 heavy (non-hydrogen) atoms. The highest BCUT2D eigenvalue weighted by Crippen LogP contribution is 2.25. The molecule has 0 radical (unpaired) electrons. The van der Waals surface area contributed by atoms with Crippen LogP contribution in [-0.2, 0) is 17.6 Å². The van der Waals surface area contributed by atoms with Gasteiger partial charge in [-0.25, -0.2) is 0 Å².